The summed E-state index contributed by atoms with van der Waals surface area (Å²) < 4.78 is 1.22. The van der Waals surface area contributed by atoms with E-state index in [1.807, 2.05) is 11.3 Å². The van der Waals surface area contributed by atoms with E-state index in [0.29, 0.717) is 5.41 Å². The van der Waals surface area contributed by atoms with Gasteiger partial charge in [0, 0.05) is 27.8 Å². The SMILES string of the molecule is CC1(C)CCCN(Cc2cc(Br)cs2)C1. The summed E-state index contributed by atoms with van der Waals surface area (Å²) in [5, 5.41) is 2.17. The number of hydrogen-bond acceptors (Lipinski definition) is 2. The second-order valence-electron chi connectivity index (χ2n) is 5.21. The van der Waals surface area contributed by atoms with E-state index in [1.165, 1.54) is 35.3 Å². The van der Waals surface area contributed by atoms with Crippen molar-refractivity contribution in [2.75, 3.05) is 13.1 Å². The van der Waals surface area contributed by atoms with Gasteiger partial charge in [-0.3, -0.25) is 4.90 Å². The van der Waals surface area contributed by atoms with Gasteiger partial charge >= 0.3 is 0 Å². The first-order valence-electron chi connectivity index (χ1n) is 5.50. The van der Waals surface area contributed by atoms with E-state index in [-0.39, 0.29) is 0 Å². The number of thiophene rings is 1. The molecule has 0 saturated carbocycles. The van der Waals surface area contributed by atoms with Crippen molar-refractivity contribution in [1.82, 2.24) is 4.90 Å². The third-order valence-corrected chi connectivity index (χ3v) is 4.66. The van der Waals surface area contributed by atoms with Crippen LogP contribution in [0.25, 0.3) is 0 Å². The van der Waals surface area contributed by atoms with E-state index < -0.39 is 0 Å². The highest BCUT2D eigenvalue weighted by atomic mass is 79.9. The van der Waals surface area contributed by atoms with E-state index in [9.17, 15) is 0 Å². The second kappa shape index (κ2) is 4.56. The zero-order valence-corrected chi connectivity index (χ0v) is 11.8. The lowest BCUT2D eigenvalue weighted by Gasteiger charge is -2.37. The van der Waals surface area contributed by atoms with Gasteiger partial charge in [-0.05, 0) is 46.8 Å². The highest BCUT2D eigenvalue weighted by molar-refractivity contribution is 9.10. The molecule has 1 nitrogen and oxygen atoms in total. The molecule has 1 saturated heterocycles. The lowest BCUT2D eigenvalue weighted by Crippen LogP contribution is -2.39. The number of nitrogens with zero attached hydrogens (tertiary/aromatic N) is 1. The predicted octanol–water partition coefficient (Wildman–Crippen LogP) is 4.13. The van der Waals surface area contributed by atoms with Crippen molar-refractivity contribution in [2.24, 2.45) is 5.41 Å². The molecule has 0 aliphatic carbocycles. The van der Waals surface area contributed by atoms with Crippen LogP contribution in [-0.4, -0.2) is 18.0 Å². The van der Waals surface area contributed by atoms with Gasteiger partial charge < -0.3 is 0 Å². The molecule has 2 rings (SSSR count). The highest BCUT2D eigenvalue weighted by Gasteiger charge is 2.26. The van der Waals surface area contributed by atoms with Crippen LogP contribution < -0.4 is 0 Å². The van der Waals surface area contributed by atoms with Gasteiger partial charge in [-0.25, -0.2) is 0 Å². The van der Waals surface area contributed by atoms with Crippen LogP contribution in [0.5, 0.6) is 0 Å². The number of piperidine rings is 1. The van der Waals surface area contributed by atoms with Crippen molar-refractivity contribution in [3.63, 3.8) is 0 Å². The monoisotopic (exact) mass is 287 g/mol. The summed E-state index contributed by atoms with van der Waals surface area (Å²) in [5.41, 5.74) is 0.507. The molecule has 0 unspecified atom stereocenters. The van der Waals surface area contributed by atoms with Crippen LogP contribution in [0.15, 0.2) is 15.9 Å². The molecular weight excluding hydrogens is 270 g/mol. The van der Waals surface area contributed by atoms with Crippen LogP contribution in [0.2, 0.25) is 0 Å². The first-order valence-corrected chi connectivity index (χ1v) is 7.18. The van der Waals surface area contributed by atoms with Gasteiger partial charge in [0.05, 0.1) is 0 Å². The van der Waals surface area contributed by atoms with E-state index in [1.54, 1.807) is 0 Å². The second-order valence-corrected chi connectivity index (χ2v) is 7.12. The smallest absolute Gasteiger partial charge is 0.0328 e. The summed E-state index contributed by atoms with van der Waals surface area (Å²) in [6.45, 7) is 8.38. The number of halogens is 1. The van der Waals surface area contributed by atoms with Gasteiger partial charge in [0.15, 0.2) is 0 Å². The van der Waals surface area contributed by atoms with Crippen molar-refractivity contribution < 1.29 is 0 Å². The zero-order valence-electron chi connectivity index (χ0n) is 9.42. The Labute approximate surface area is 105 Å². The van der Waals surface area contributed by atoms with Crippen molar-refractivity contribution in [2.45, 2.75) is 33.2 Å². The maximum Gasteiger partial charge on any atom is 0.0328 e. The first-order chi connectivity index (χ1) is 7.05. The summed E-state index contributed by atoms with van der Waals surface area (Å²) in [7, 11) is 0. The largest absolute Gasteiger partial charge is 0.298 e. The molecule has 0 atom stereocenters. The Kier molecular flexibility index (Phi) is 3.53. The molecule has 2 heterocycles. The summed E-state index contributed by atoms with van der Waals surface area (Å²) in [5.74, 6) is 0. The van der Waals surface area contributed by atoms with E-state index in [2.05, 4.69) is 46.1 Å². The normalized spacial score (nSPS) is 21.8. The van der Waals surface area contributed by atoms with Crippen LogP contribution in [0.4, 0.5) is 0 Å². The summed E-state index contributed by atoms with van der Waals surface area (Å²) in [6.07, 6.45) is 2.72. The topological polar surface area (TPSA) is 3.24 Å². The van der Waals surface area contributed by atoms with Crippen molar-refractivity contribution >= 4 is 27.3 Å². The molecule has 3 heteroatoms. The average molecular weight is 288 g/mol. The quantitative estimate of drug-likeness (QED) is 0.791. The van der Waals surface area contributed by atoms with Gasteiger partial charge in [-0.2, -0.15) is 0 Å². The molecule has 0 N–H and O–H groups in total. The average Bonchev–Trinajstić information content (AvgIpc) is 2.49. The first kappa shape index (κ1) is 11.6. The molecule has 0 spiro atoms. The minimum Gasteiger partial charge on any atom is -0.298 e. The van der Waals surface area contributed by atoms with Gasteiger partial charge in [-0.1, -0.05) is 13.8 Å². The molecule has 0 amide bonds. The highest BCUT2D eigenvalue weighted by Crippen LogP contribution is 2.30. The number of rotatable bonds is 2. The van der Waals surface area contributed by atoms with Gasteiger partial charge in [0.1, 0.15) is 0 Å². The summed E-state index contributed by atoms with van der Waals surface area (Å²) >= 11 is 5.37. The molecule has 84 valence electrons. The number of hydrogen-bond donors (Lipinski definition) is 0. The Bertz CT molecular complexity index is 332. The molecule has 15 heavy (non-hydrogen) atoms. The Balaban J connectivity index is 1.95. The lowest BCUT2D eigenvalue weighted by molar-refractivity contribution is 0.112. The van der Waals surface area contributed by atoms with Crippen LogP contribution in [-0.2, 0) is 6.54 Å². The summed E-state index contributed by atoms with van der Waals surface area (Å²) in [4.78, 5) is 4.06. The van der Waals surface area contributed by atoms with Crippen LogP contribution in [0.3, 0.4) is 0 Å². The van der Waals surface area contributed by atoms with Crippen molar-refractivity contribution in [3.8, 4) is 0 Å². The van der Waals surface area contributed by atoms with E-state index in [0.717, 1.165) is 6.54 Å². The zero-order chi connectivity index (χ0) is 10.9. The maximum absolute atomic E-state index is 3.51. The fourth-order valence-corrected chi connectivity index (χ4v) is 3.83. The minimum absolute atomic E-state index is 0.507. The Hall–Kier alpha value is 0.140. The Morgan fingerprint density at radius 1 is 1.53 bits per heavy atom. The molecule has 1 aromatic rings. The van der Waals surface area contributed by atoms with Gasteiger partial charge in [0.2, 0.25) is 0 Å². The Morgan fingerprint density at radius 2 is 2.33 bits per heavy atom. The molecule has 0 radical (unpaired) electrons. The molecule has 0 aromatic carbocycles. The van der Waals surface area contributed by atoms with Crippen molar-refractivity contribution in [3.05, 3.63) is 20.8 Å². The van der Waals surface area contributed by atoms with E-state index in [4.69, 9.17) is 0 Å². The van der Waals surface area contributed by atoms with E-state index >= 15 is 0 Å². The molecule has 1 aliphatic heterocycles. The molecule has 1 aromatic heterocycles. The fourth-order valence-electron chi connectivity index (χ4n) is 2.34. The standard InChI is InChI=1S/C12H18BrNS/c1-12(2)4-3-5-14(9-12)7-11-6-10(13)8-15-11/h6,8H,3-5,7,9H2,1-2H3. The maximum atomic E-state index is 3.51. The third kappa shape index (κ3) is 3.30. The van der Waals surface area contributed by atoms with Crippen LogP contribution >= 0.6 is 27.3 Å². The Morgan fingerprint density at radius 3 is 2.93 bits per heavy atom. The van der Waals surface area contributed by atoms with Gasteiger partial charge in [-0.15, -0.1) is 11.3 Å². The van der Waals surface area contributed by atoms with Crippen LogP contribution in [0.1, 0.15) is 31.6 Å². The molecule has 1 aliphatic rings. The lowest BCUT2D eigenvalue weighted by atomic mass is 9.84. The minimum atomic E-state index is 0.507. The predicted molar refractivity (Wildman–Crippen MR) is 70.3 cm³/mol. The fraction of sp³-hybridized carbons (Fsp3) is 0.667. The number of likely N-dealkylation sites (tertiary alicyclic amines) is 1. The molecular formula is C12H18BrNS. The van der Waals surface area contributed by atoms with Gasteiger partial charge in [0.25, 0.3) is 0 Å². The molecule has 0 bridgehead atoms. The third-order valence-electron chi connectivity index (χ3n) is 2.98. The molecule has 1 fully saturated rings. The summed E-state index contributed by atoms with van der Waals surface area (Å²) in [6, 6.07) is 2.24. The van der Waals surface area contributed by atoms with Crippen LogP contribution in [0, 0.1) is 5.41 Å². The van der Waals surface area contributed by atoms with Crippen molar-refractivity contribution in [1.29, 1.82) is 0 Å².